The highest BCUT2D eigenvalue weighted by Crippen LogP contribution is 2.14. The van der Waals surface area contributed by atoms with Crippen LogP contribution in [0.1, 0.15) is 26.7 Å². The Morgan fingerprint density at radius 2 is 2.11 bits per heavy atom. The second kappa shape index (κ2) is 9.26. The van der Waals surface area contributed by atoms with Gasteiger partial charge in [-0.05, 0) is 18.4 Å². The Balaban J connectivity index is 0.000000494. The highest BCUT2D eigenvalue weighted by molar-refractivity contribution is 5.73. The van der Waals surface area contributed by atoms with E-state index in [4.69, 9.17) is 10.3 Å². The van der Waals surface area contributed by atoms with Crippen molar-refractivity contribution in [3.8, 4) is 0 Å². The van der Waals surface area contributed by atoms with E-state index in [9.17, 15) is 9.59 Å². The number of amides is 1. The van der Waals surface area contributed by atoms with Gasteiger partial charge in [0.1, 0.15) is 0 Å². The molecule has 1 amide bonds. The third kappa shape index (κ3) is 7.48. The van der Waals surface area contributed by atoms with Crippen molar-refractivity contribution in [1.29, 1.82) is 0 Å². The van der Waals surface area contributed by atoms with Crippen molar-refractivity contribution in [3.05, 3.63) is 10.4 Å². The first-order chi connectivity index (χ1) is 8.51. The van der Waals surface area contributed by atoms with E-state index in [2.05, 4.69) is 20.1 Å². The van der Waals surface area contributed by atoms with Crippen LogP contribution in [-0.4, -0.2) is 37.9 Å². The largest absolute Gasteiger partial charge is 0.469 e. The standard InChI is InChI=1S/C7H12N4O2.C3H6O2/c1-5(12)9-6-3-2-4-13-7(6)10-11-8;1-3(4)5-2/h6-7H,2-4H2,1H3,(H,9,12);1-2H3. The van der Waals surface area contributed by atoms with Crippen LogP contribution in [0.4, 0.5) is 0 Å². The molecule has 0 radical (unpaired) electrons. The van der Waals surface area contributed by atoms with Gasteiger partial charge in [-0.15, -0.1) is 0 Å². The highest BCUT2D eigenvalue weighted by atomic mass is 16.5. The zero-order valence-electron chi connectivity index (χ0n) is 10.8. The lowest BCUT2D eigenvalue weighted by atomic mass is 10.1. The van der Waals surface area contributed by atoms with Crippen molar-refractivity contribution < 1.29 is 19.1 Å². The Morgan fingerprint density at radius 3 is 2.56 bits per heavy atom. The minimum atomic E-state index is -0.553. The van der Waals surface area contributed by atoms with Crippen molar-refractivity contribution in [2.24, 2.45) is 5.11 Å². The molecule has 1 heterocycles. The number of hydrogen-bond donors (Lipinski definition) is 1. The van der Waals surface area contributed by atoms with Crippen LogP contribution in [0.5, 0.6) is 0 Å². The number of methoxy groups -OCH3 is 1. The predicted molar refractivity (Wildman–Crippen MR) is 63.4 cm³/mol. The average molecular weight is 258 g/mol. The van der Waals surface area contributed by atoms with Crippen molar-refractivity contribution in [2.75, 3.05) is 13.7 Å². The van der Waals surface area contributed by atoms with Gasteiger partial charge >= 0.3 is 5.97 Å². The van der Waals surface area contributed by atoms with Gasteiger partial charge in [0.25, 0.3) is 0 Å². The number of ether oxygens (including phenoxy) is 2. The van der Waals surface area contributed by atoms with Gasteiger partial charge in [0.2, 0.25) is 5.91 Å². The molecule has 0 aromatic rings. The summed E-state index contributed by atoms with van der Waals surface area (Å²) in [6.07, 6.45) is 1.12. The van der Waals surface area contributed by atoms with E-state index < -0.39 is 6.23 Å². The predicted octanol–water partition coefficient (Wildman–Crippen LogP) is 1.12. The van der Waals surface area contributed by atoms with Crippen molar-refractivity contribution in [2.45, 2.75) is 39.0 Å². The topological polar surface area (TPSA) is 113 Å². The maximum atomic E-state index is 10.8. The summed E-state index contributed by atoms with van der Waals surface area (Å²) in [5, 5.41) is 6.15. The monoisotopic (exact) mass is 258 g/mol. The summed E-state index contributed by atoms with van der Waals surface area (Å²) < 4.78 is 9.31. The van der Waals surface area contributed by atoms with Crippen LogP contribution in [0.25, 0.3) is 10.4 Å². The molecule has 18 heavy (non-hydrogen) atoms. The molecule has 0 aromatic heterocycles. The first-order valence-corrected chi connectivity index (χ1v) is 5.48. The molecule has 1 N–H and O–H groups in total. The van der Waals surface area contributed by atoms with E-state index in [0.29, 0.717) is 6.61 Å². The second-order valence-electron chi connectivity index (χ2n) is 3.61. The summed E-state index contributed by atoms with van der Waals surface area (Å²) in [7, 11) is 1.35. The van der Waals surface area contributed by atoms with Crippen LogP contribution in [-0.2, 0) is 19.1 Å². The molecular weight excluding hydrogens is 240 g/mol. The maximum Gasteiger partial charge on any atom is 0.302 e. The maximum absolute atomic E-state index is 10.8. The number of nitrogens with one attached hydrogen (secondary N) is 1. The highest BCUT2D eigenvalue weighted by Gasteiger charge is 2.25. The third-order valence-electron chi connectivity index (χ3n) is 2.13. The molecular formula is C10H18N4O4. The van der Waals surface area contributed by atoms with Gasteiger partial charge in [0.05, 0.1) is 13.2 Å². The van der Waals surface area contributed by atoms with E-state index in [1.54, 1.807) is 0 Å². The van der Waals surface area contributed by atoms with E-state index in [0.717, 1.165) is 12.8 Å². The van der Waals surface area contributed by atoms with Gasteiger partial charge in [0.15, 0.2) is 6.23 Å². The summed E-state index contributed by atoms with van der Waals surface area (Å²) in [4.78, 5) is 23.0. The van der Waals surface area contributed by atoms with Crippen LogP contribution in [0.15, 0.2) is 5.11 Å². The van der Waals surface area contributed by atoms with Crippen molar-refractivity contribution in [3.63, 3.8) is 0 Å². The Bertz CT molecular complexity index is 328. The number of nitrogens with zero attached hydrogens (tertiary/aromatic N) is 3. The zero-order chi connectivity index (χ0) is 14.0. The molecule has 0 spiro atoms. The quantitative estimate of drug-likeness (QED) is 0.346. The Kier molecular flexibility index (Phi) is 8.34. The molecule has 8 nitrogen and oxygen atoms in total. The molecule has 2 atom stereocenters. The Morgan fingerprint density at radius 1 is 1.50 bits per heavy atom. The number of rotatable bonds is 2. The molecule has 102 valence electrons. The third-order valence-corrected chi connectivity index (χ3v) is 2.13. The first kappa shape index (κ1) is 16.2. The van der Waals surface area contributed by atoms with Gasteiger partial charge in [-0.3, -0.25) is 9.59 Å². The van der Waals surface area contributed by atoms with Crippen molar-refractivity contribution in [1.82, 2.24) is 5.32 Å². The molecule has 8 heteroatoms. The molecule has 0 saturated carbocycles. The lowest BCUT2D eigenvalue weighted by Crippen LogP contribution is -2.45. The van der Waals surface area contributed by atoms with Crippen LogP contribution in [0, 0.1) is 0 Å². The van der Waals surface area contributed by atoms with Crippen LogP contribution < -0.4 is 5.32 Å². The number of esters is 1. The van der Waals surface area contributed by atoms with Gasteiger partial charge in [-0.2, -0.15) is 0 Å². The van der Waals surface area contributed by atoms with Crippen LogP contribution >= 0.6 is 0 Å². The zero-order valence-corrected chi connectivity index (χ0v) is 10.8. The number of carbonyl (C=O) groups excluding carboxylic acids is 2. The van der Waals surface area contributed by atoms with Crippen LogP contribution in [0.2, 0.25) is 0 Å². The van der Waals surface area contributed by atoms with E-state index in [1.807, 2.05) is 0 Å². The molecule has 2 unspecified atom stereocenters. The van der Waals surface area contributed by atoms with Crippen molar-refractivity contribution >= 4 is 11.9 Å². The van der Waals surface area contributed by atoms with Gasteiger partial charge < -0.3 is 14.8 Å². The minimum Gasteiger partial charge on any atom is -0.469 e. The lowest BCUT2D eigenvalue weighted by molar-refractivity contribution is -0.138. The molecule has 0 aliphatic carbocycles. The molecule has 0 aromatic carbocycles. The fraction of sp³-hybridized carbons (Fsp3) is 0.800. The number of azide groups is 1. The van der Waals surface area contributed by atoms with Gasteiger partial charge in [-0.25, -0.2) is 0 Å². The summed E-state index contributed by atoms with van der Waals surface area (Å²) in [6, 6.07) is -0.179. The first-order valence-electron chi connectivity index (χ1n) is 5.48. The fourth-order valence-corrected chi connectivity index (χ4v) is 1.34. The molecule has 1 saturated heterocycles. The second-order valence-corrected chi connectivity index (χ2v) is 3.61. The lowest BCUT2D eigenvalue weighted by Gasteiger charge is -2.28. The summed E-state index contributed by atoms with van der Waals surface area (Å²) in [6.45, 7) is 3.38. The van der Waals surface area contributed by atoms with Gasteiger partial charge in [-0.1, -0.05) is 5.11 Å². The Labute approximate surface area is 105 Å². The average Bonchev–Trinajstić information content (AvgIpc) is 2.32. The summed E-state index contributed by atoms with van der Waals surface area (Å²) in [5.74, 6) is -0.376. The normalized spacial score (nSPS) is 21.7. The molecule has 1 aliphatic rings. The molecule has 0 bridgehead atoms. The van der Waals surface area contributed by atoms with E-state index in [-0.39, 0.29) is 17.9 Å². The molecule has 1 aliphatic heterocycles. The van der Waals surface area contributed by atoms with E-state index in [1.165, 1.54) is 21.0 Å². The van der Waals surface area contributed by atoms with Crippen LogP contribution in [0.3, 0.4) is 0 Å². The van der Waals surface area contributed by atoms with Gasteiger partial charge in [0, 0.05) is 25.4 Å². The molecule has 1 fully saturated rings. The fourth-order valence-electron chi connectivity index (χ4n) is 1.34. The molecule has 1 rings (SSSR count). The summed E-state index contributed by atoms with van der Waals surface area (Å²) in [5.41, 5.74) is 8.24. The number of hydrogen-bond acceptors (Lipinski definition) is 5. The smallest absolute Gasteiger partial charge is 0.302 e. The Hall–Kier alpha value is -1.79. The SMILES string of the molecule is CC(=O)NC1CCCOC1N=[N+]=[N-].COC(C)=O. The number of carbonyl (C=O) groups is 2. The summed E-state index contributed by atoms with van der Waals surface area (Å²) >= 11 is 0. The minimum absolute atomic E-state index is 0.131. The van der Waals surface area contributed by atoms with E-state index >= 15 is 0 Å².